The van der Waals surface area contributed by atoms with Gasteiger partial charge in [-0.1, -0.05) is 50.3 Å². The summed E-state index contributed by atoms with van der Waals surface area (Å²) in [5.74, 6) is 0.00530. The highest BCUT2D eigenvalue weighted by Crippen LogP contribution is 2.28. The number of benzene rings is 1. The highest BCUT2D eigenvalue weighted by atomic mass is 16.7. The summed E-state index contributed by atoms with van der Waals surface area (Å²) in [7, 11) is 0. The predicted molar refractivity (Wildman–Crippen MR) is 84.2 cm³/mol. The highest BCUT2D eigenvalue weighted by Gasteiger charge is 2.40. The summed E-state index contributed by atoms with van der Waals surface area (Å²) in [4.78, 5) is 12.3. The van der Waals surface area contributed by atoms with Crippen LogP contribution >= 0.6 is 0 Å². The topological polar surface area (TPSA) is 44.8 Å². The minimum atomic E-state index is -0.565. The molecule has 4 heteroatoms. The highest BCUT2D eigenvalue weighted by molar-refractivity contribution is 5.86. The smallest absolute Gasteiger partial charge is 0.167 e. The Kier molecular flexibility index (Phi) is 6.31. The van der Waals surface area contributed by atoms with Gasteiger partial charge >= 0.3 is 0 Å². The first-order chi connectivity index (χ1) is 10.6. The van der Waals surface area contributed by atoms with E-state index >= 15 is 0 Å². The van der Waals surface area contributed by atoms with Crippen molar-refractivity contribution in [3.63, 3.8) is 0 Å². The van der Waals surface area contributed by atoms with Gasteiger partial charge < -0.3 is 14.2 Å². The third-order valence-electron chi connectivity index (χ3n) is 4.04. The summed E-state index contributed by atoms with van der Waals surface area (Å²) < 4.78 is 17.0. The Morgan fingerprint density at radius 3 is 2.68 bits per heavy atom. The molecule has 0 N–H and O–H groups in total. The lowest BCUT2D eigenvalue weighted by Gasteiger charge is -2.37. The van der Waals surface area contributed by atoms with Crippen LogP contribution in [0.4, 0.5) is 0 Å². The Hall–Kier alpha value is -1.49. The first-order valence-electron chi connectivity index (χ1n) is 7.66. The van der Waals surface area contributed by atoms with Gasteiger partial charge in [-0.15, -0.1) is 6.58 Å². The maximum Gasteiger partial charge on any atom is 0.167 e. The van der Waals surface area contributed by atoms with Crippen molar-refractivity contribution in [3.8, 4) is 0 Å². The van der Waals surface area contributed by atoms with Gasteiger partial charge in [-0.2, -0.15) is 0 Å². The van der Waals surface area contributed by atoms with Gasteiger partial charge in [0, 0.05) is 11.8 Å². The molecule has 4 atom stereocenters. The minimum absolute atomic E-state index is 0.0258. The van der Waals surface area contributed by atoms with E-state index in [1.54, 1.807) is 6.08 Å². The fourth-order valence-corrected chi connectivity index (χ4v) is 2.47. The molecule has 0 spiro atoms. The molecule has 1 aromatic carbocycles. The molecule has 0 radical (unpaired) electrons. The number of carbonyl (C=O) groups is 1. The Morgan fingerprint density at radius 2 is 2.00 bits per heavy atom. The van der Waals surface area contributed by atoms with Gasteiger partial charge in [-0.25, -0.2) is 0 Å². The zero-order chi connectivity index (χ0) is 15.9. The van der Waals surface area contributed by atoms with E-state index in [1.807, 2.05) is 44.2 Å². The van der Waals surface area contributed by atoms with Crippen LogP contribution in [0.25, 0.3) is 0 Å². The Bertz CT molecular complexity index is 485. The third kappa shape index (κ3) is 4.26. The summed E-state index contributed by atoms with van der Waals surface area (Å²) in [6.07, 6.45) is 0.721. The molecule has 1 aromatic rings. The molecule has 4 nitrogen and oxygen atoms in total. The van der Waals surface area contributed by atoms with Crippen molar-refractivity contribution in [3.05, 3.63) is 48.6 Å². The van der Waals surface area contributed by atoms with Crippen LogP contribution in [0.1, 0.15) is 19.4 Å². The molecule has 0 unspecified atom stereocenters. The second kappa shape index (κ2) is 8.22. The van der Waals surface area contributed by atoms with Crippen LogP contribution in [0.2, 0.25) is 0 Å². The molecule has 22 heavy (non-hydrogen) atoms. The van der Waals surface area contributed by atoms with E-state index in [4.69, 9.17) is 14.2 Å². The maximum absolute atomic E-state index is 12.3. The number of ether oxygens (including phenoxy) is 3. The van der Waals surface area contributed by atoms with Crippen molar-refractivity contribution in [2.75, 3.05) is 13.2 Å². The number of hydrogen-bond donors (Lipinski definition) is 0. The lowest BCUT2D eigenvalue weighted by Crippen LogP contribution is -2.49. The molecule has 1 saturated heterocycles. The van der Waals surface area contributed by atoms with Crippen LogP contribution in [0.3, 0.4) is 0 Å². The quantitative estimate of drug-likeness (QED) is 0.727. The summed E-state index contributed by atoms with van der Waals surface area (Å²) in [6, 6.07) is 9.87. The van der Waals surface area contributed by atoms with Crippen LogP contribution < -0.4 is 0 Å². The largest absolute Gasteiger partial charge is 0.374 e. The monoisotopic (exact) mass is 304 g/mol. The number of carbonyl (C=O) groups excluding carboxylic acids is 1. The average Bonchev–Trinajstić information content (AvgIpc) is 2.55. The minimum Gasteiger partial charge on any atom is -0.374 e. The molecule has 0 aliphatic carbocycles. The van der Waals surface area contributed by atoms with Crippen LogP contribution in [0, 0.1) is 11.8 Å². The van der Waals surface area contributed by atoms with Crippen molar-refractivity contribution in [2.45, 2.75) is 32.8 Å². The Morgan fingerprint density at radius 1 is 1.27 bits per heavy atom. The van der Waals surface area contributed by atoms with Gasteiger partial charge in [0.05, 0.1) is 19.8 Å². The summed E-state index contributed by atoms with van der Waals surface area (Å²) in [6.45, 7) is 8.65. The summed E-state index contributed by atoms with van der Waals surface area (Å²) >= 11 is 0. The molecule has 0 saturated carbocycles. The number of Topliss-reactive ketones (excluding diaryl/α,β-unsaturated/α-hetero) is 1. The van der Waals surface area contributed by atoms with Crippen molar-refractivity contribution < 1.29 is 19.0 Å². The SMILES string of the molecule is C=CCO[C@H]1O[C@H](COCc2ccccc2)C(=O)[C@H](C)[C@H]1C. The van der Waals surface area contributed by atoms with Crippen LogP contribution in [0.15, 0.2) is 43.0 Å². The molecule has 1 aliphatic heterocycles. The molecule has 0 bridgehead atoms. The van der Waals surface area contributed by atoms with E-state index in [1.165, 1.54) is 0 Å². The van der Waals surface area contributed by atoms with Crippen molar-refractivity contribution in [2.24, 2.45) is 11.8 Å². The number of hydrogen-bond acceptors (Lipinski definition) is 4. The zero-order valence-corrected chi connectivity index (χ0v) is 13.2. The standard InChI is InChI=1S/C18H24O4/c1-4-10-21-18-14(3)13(2)17(19)16(22-18)12-20-11-15-8-6-5-7-9-15/h4-9,13-14,16,18H,1,10-12H2,2-3H3/t13-,14-,16-,18+/m1/s1. The van der Waals surface area contributed by atoms with E-state index < -0.39 is 12.4 Å². The van der Waals surface area contributed by atoms with Crippen LogP contribution in [-0.4, -0.2) is 31.4 Å². The van der Waals surface area contributed by atoms with Crippen molar-refractivity contribution in [1.29, 1.82) is 0 Å². The average molecular weight is 304 g/mol. The Labute approximate surface area is 132 Å². The second-order valence-electron chi connectivity index (χ2n) is 5.67. The lowest BCUT2D eigenvalue weighted by atomic mass is 9.86. The van der Waals surface area contributed by atoms with Gasteiger partial charge in [0.25, 0.3) is 0 Å². The maximum atomic E-state index is 12.3. The van der Waals surface area contributed by atoms with E-state index in [9.17, 15) is 4.79 Å². The normalized spacial score (nSPS) is 28.5. The predicted octanol–water partition coefficient (Wildman–Crippen LogP) is 2.97. The zero-order valence-electron chi connectivity index (χ0n) is 13.2. The first-order valence-corrected chi connectivity index (χ1v) is 7.66. The molecular weight excluding hydrogens is 280 g/mol. The molecule has 120 valence electrons. The third-order valence-corrected chi connectivity index (χ3v) is 4.04. The Balaban J connectivity index is 1.88. The fourth-order valence-electron chi connectivity index (χ4n) is 2.47. The summed E-state index contributed by atoms with van der Waals surface area (Å²) in [5.41, 5.74) is 1.08. The number of ketones is 1. The molecule has 1 fully saturated rings. The van der Waals surface area contributed by atoms with E-state index in [0.717, 1.165) is 5.56 Å². The van der Waals surface area contributed by atoms with Crippen molar-refractivity contribution in [1.82, 2.24) is 0 Å². The first kappa shape index (κ1) is 16.9. The summed E-state index contributed by atoms with van der Waals surface area (Å²) in [5, 5.41) is 0. The molecule has 0 amide bonds. The van der Waals surface area contributed by atoms with Gasteiger partial charge in [-0.05, 0) is 5.56 Å². The molecule has 1 heterocycles. The van der Waals surface area contributed by atoms with Gasteiger partial charge in [-0.3, -0.25) is 4.79 Å². The van der Waals surface area contributed by atoms with E-state index in [-0.39, 0.29) is 24.2 Å². The molecule has 0 aromatic heterocycles. The second-order valence-corrected chi connectivity index (χ2v) is 5.67. The van der Waals surface area contributed by atoms with Gasteiger partial charge in [0.15, 0.2) is 12.1 Å². The van der Waals surface area contributed by atoms with Crippen LogP contribution in [-0.2, 0) is 25.6 Å². The molecule has 2 rings (SSSR count). The van der Waals surface area contributed by atoms with Gasteiger partial charge in [0.2, 0.25) is 0 Å². The number of rotatable bonds is 7. The van der Waals surface area contributed by atoms with Crippen molar-refractivity contribution >= 4 is 5.78 Å². The molecular formula is C18H24O4. The molecule has 1 aliphatic rings. The van der Waals surface area contributed by atoms with E-state index in [2.05, 4.69) is 6.58 Å². The van der Waals surface area contributed by atoms with E-state index in [0.29, 0.717) is 13.2 Å². The lowest BCUT2D eigenvalue weighted by molar-refractivity contribution is -0.227. The fraction of sp³-hybridized carbons (Fsp3) is 0.500. The van der Waals surface area contributed by atoms with Crippen LogP contribution in [0.5, 0.6) is 0 Å². The van der Waals surface area contributed by atoms with Gasteiger partial charge in [0.1, 0.15) is 6.10 Å².